The summed E-state index contributed by atoms with van der Waals surface area (Å²) in [5.41, 5.74) is 0. The van der Waals surface area contributed by atoms with Crippen LogP contribution < -0.4 is 0 Å². The van der Waals surface area contributed by atoms with Crippen LogP contribution in [0.15, 0.2) is 0 Å². The highest BCUT2D eigenvalue weighted by atomic mass is 35.5. The molecule has 82 valence electrons. The van der Waals surface area contributed by atoms with Gasteiger partial charge < -0.3 is 9.47 Å². The molecule has 4 nitrogen and oxygen atoms in total. The monoisotopic (exact) mass is 242 g/mol. The summed E-state index contributed by atoms with van der Waals surface area (Å²) >= 11 is 10.7. The number of rotatable bonds is 6. The summed E-state index contributed by atoms with van der Waals surface area (Å²) in [4.78, 5) is 21.0. The van der Waals surface area contributed by atoms with Crippen LogP contribution in [0.4, 0.5) is 0 Å². The molecule has 0 N–H and O–H groups in total. The van der Waals surface area contributed by atoms with Crippen molar-refractivity contribution in [3.8, 4) is 0 Å². The zero-order valence-electron chi connectivity index (χ0n) is 7.79. The van der Waals surface area contributed by atoms with E-state index >= 15 is 0 Å². The summed E-state index contributed by atoms with van der Waals surface area (Å²) in [6, 6.07) is 0. The van der Waals surface area contributed by atoms with Crippen LogP contribution in [0.2, 0.25) is 0 Å². The van der Waals surface area contributed by atoms with Crippen molar-refractivity contribution in [3.63, 3.8) is 0 Å². The Labute approximate surface area is 92.5 Å². The molecule has 0 fully saturated rings. The van der Waals surface area contributed by atoms with Crippen molar-refractivity contribution >= 4 is 35.1 Å². The SMILES string of the molecule is CCOC(=O)CCC(=O)OCC(Cl)Cl. The lowest BCUT2D eigenvalue weighted by Crippen LogP contribution is -2.13. The minimum absolute atomic E-state index is 0.0146. The molecule has 0 aliphatic rings. The van der Waals surface area contributed by atoms with E-state index in [-0.39, 0.29) is 19.4 Å². The molecule has 0 atom stereocenters. The molecular formula is C8H12Cl2O4. The van der Waals surface area contributed by atoms with Crippen LogP contribution >= 0.6 is 23.2 Å². The highest BCUT2D eigenvalue weighted by Gasteiger charge is 2.09. The Morgan fingerprint density at radius 2 is 1.64 bits per heavy atom. The minimum atomic E-state index is -0.735. The maximum absolute atomic E-state index is 10.9. The van der Waals surface area contributed by atoms with Crippen molar-refractivity contribution in [3.05, 3.63) is 0 Å². The topological polar surface area (TPSA) is 52.6 Å². The first kappa shape index (κ1) is 13.5. The number of hydrogen-bond donors (Lipinski definition) is 0. The molecule has 0 aliphatic heterocycles. The van der Waals surface area contributed by atoms with Gasteiger partial charge in [0.25, 0.3) is 0 Å². The van der Waals surface area contributed by atoms with Gasteiger partial charge in [-0.2, -0.15) is 0 Å². The van der Waals surface area contributed by atoms with Crippen molar-refractivity contribution in [2.75, 3.05) is 13.2 Å². The Bertz CT molecular complexity index is 194. The maximum Gasteiger partial charge on any atom is 0.306 e. The summed E-state index contributed by atoms with van der Waals surface area (Å²) in [5.74, 6) is -0.929. The van der Waals surface area contributed by atoms with E-state index in [0.717, 1.165) is 0 Å². The van der Waals surface area contributed by atoms with Crippen LogP contribution in [0.1, 0.15) is 19.8 Å². The predicted octanol–water partition coefficient (Wildman–Crippen LogP) is 1.68. The molecule has 0 aromatic heterocycles. The molecule has 0 heterocycles. The van der Waals surface area contributed by atoms with E-state index < -0.39 is 16.8 Å². The third kappa shape index (κ3) is 8.13. The molecule has 0 rings (SSSR count). The number of hydrogen-bond acceptors (Lipinski definition) is 4. The lowest BCUT2D eigenvalue weighted by atomic mass is 10.3. The number of carbonyl (C=O) groups excluding carboxylic acids is 2. The van der Waals surface area contributed by atoms with Crippen molar-refractivity contribution in [1.29, 1.82) is 0 Å². The second-order valence-electron chi connectivity index (χ2n) is 2.38. The molecule has 0 saturated carbocycles. The third-order valence-corrected chi connectivity index (χ3v) is 1.46. The van der Waals surface area contributed by atoms with Crippen molar-refractivity contribution in [2.45, 2.75) is 24.6 Å². The first-order valence-electron chi connectivity index (χ1n) is 4.15. The van der Waals surface area contributed by atoms with Crippen LogP contribution in [0.3, 0.4) is 0 Å². The molecule has 0 unspecified atom stereocenters. The van der Waals surface area contributed by atoms with Gasteiger partial charge in [-0.05, 0) is 6.92 Å². The van der Waals surface area contributed by atoms with Crippen LogP contribution in [0, 0.1) is 0 Å². The van der Waals surface area contributed by atoms with E-state index in [0.29, 0.717) is 6.61 Å². The molecule has 0 bridgehead atoms. The first-order chi connectivity index (χ1) is 6.56. The van der Waals surface area contributed by atoms with E-state index in [1.165, 1.54) is 0 Å². The summed E-state index contributed by atoms with van der Waals surface area (Å²) in [5, 5.41) is 0. The quantitative estimate of drug-likeness (QED) is 0.526. The zero-order valence-corrected chi connectivity index (χ0v) is 9.31. The van der Waals surface area contributed by atoms with Gasteiger partial charge in [0.05, 0.1) is 19.4 Å². The van der Waals surface area contributed by atoms with Crippen LogP contribution in [0.5, 0.6) is 0 Å². The molecule has 0 amide bonds. The second-order valence-corrected chi connectivity index (χ2v) is 3.66. The molecule has 6 heteroatoms. The van der Waals surface area contributed by atoms with E-state index in [1.807, 2.05) is 0 Å². The summed E-state index contributed by atoms with van der Waals surface area (Å²) in [6.07, 6.45) is 0.00123. The first-order valence-corrected chi connectivity index (χ1v) is 5.03. The molecule has 0 saturated heterocycles. The Morgan fingerprint density at radius 3 is 2.07 bits per heavy atom. The minimum Gasteiger partial charge on any atom is -0.466 e. The molecular weight excluding hydrogens is 231 g/mol. The van der Waals surface area contributed by atoms with Gasteiger partial charge >= 0.3 is 11.9 Å². The van der Waals surface area contributed by atoms with Crippen LogP contribution in [-0.2, 0) is 19.1 Å². The zero-order chi connectivity index (χ0) is 11.0. The van der Waals surface area contributed by atoms with Gasteiger partial charge in [0.2, 0.25) is 0 Å². The molecule has 0 aromatic carbocycles. The highest BCUT2D eigenvalue weighted by Crippen LogP contribution is 2.03. The Balaban J connectivity index is 3.48. The molecule has 0 aromatic rings. The number of esters is 2. The van der Waals surface area contributed by atoms with Crippen molar-refractivity contribution in [1.82, 2.24) is 0 Å². The fraction of sp³-hybridized carbons (Fsp3) is 0.750. The van der Waals surface area contributed by atoms with Crippen molar-refractivity contribution < 1.29 is 19.1 Å². The van der Waals surface area contributed by atoms with Gasteiger partial charge in [0.1, 0.15) is 11.4 Å². The van der Waals surface area contributed by atoms with E-state index in [1.54, 1.807) is 6.92 Å². The van der Waals surface area contributed by atoms with Crippen LogP contribution in [0.25, 0.3) is 0 Å². The standard InChI is InChI=1S/C8H12Cl2O4/c1-2-13-7(11)3-4-8(12)14-5-6(9)10/h6H,2-5H2,1H3. The molecule has 0 spiro atoms. The number of alkyl halides is 2. The van der Waals surface area contributed by atoms with E-state index in [2.05, 4.69) is 9.47 Å². The molecule has 14 heavy (non-hydrogen) atoms. The lowest BCUT2D eigenvalue weighted by molar-refractivity contribution is -0.149. The van der Waals surface area contributed by atoms with E-state index in [9.17, 15) is 9.59 Å². The summed E-state index contributed by atoms with van der Waals surface area (Å²) < 4.78 is 9.24. The average molecular weight is 243 g/mol. The lowest BCUT2D eigenvalue weighted by Gasteiger charge is -2.04. The van der Waals surface area contributed by atoms with Gasteiger partial charge in [-0.3, -0.25) is 9.59 Å². The maximum atomic E-state index is 10.9. The van der Waals surface area contributed by atoms with Gasteiger partial charge in [-0.25, -0.2) is 0 Å². The highest BCUT2D eigenvalue weighted by molar-refractivity contribution is 6.44. The van der Waals surface area contributed by atoms with Gasteiger partial charge in [0, 0.05) is 0 Å². The number of carbonyl (C=O) groups is 2. The fourth-order valence-corrected chi connectivity index (χ4v) is 0.791. The second kappa shape index (κ2) is 7.88. The smallest absolute Gasteiger partial charge is 0.306 e. The normalized spacial score (nSPS) is 10.0. The van der Waals surface area contributed by atoms with E-state index in [4.69, 9.17) is 23.2 Å². The molecule has 0 radical (unpaired) electrons. The van der Waals surface area contributed by atoms with Gasteiger partial charge in [-0.15, -0.1) is 23.2 Å². The Morgan fingerprint density at radius 1 is 1.14 bits per heavy atom. The number of halogens is 2. The Hall–Kier alpha value is -0.480. The van der Waals surface area contributed by atoms with Gasteiger partial charge in [0.15, 0.2) is 0 Å². The fourth-order valence-electron chi connectivity index (χ4n) is 0.665. The molecule has 0 aliphatic carbocycles. The Kier molecular flexibility index (Phi) is 7.61. The largest absolute Gasteiger partial charge is 0.466 e. The summed E-state index contributed by atoms with van der Waals surface area (Å²) in [7, 11) is 0. The summed E-state index contributed by atoms with van der Waals surface area (Å²) in [6.45, 7) is 1.94. The number of ether oxygens (including phenoxy) is 2. The van der Waals surface area contributed by atoms with Gasteiger partial charge in [-0.1, -0.05) is 0 Å². The van der Waals surface area contributed by atoms with Crippen molar-refractivity contribution in [2.24, 2.45) is 0 Å². The average Bonchev–Trinajstić information content (AvgIpc) is 2.12. The third-order valence-electron chi connectivity index (χ3n) is 1.21. The van der Waals surface area contributed by atoms with Crippen LogP contribution in [-0.4, -0.2) is 30.0 Å². The predicted molar refractivity (Wildman–Crippen MR) is 52.3 cm³/mol.